The number of non-ortho nitro benzene ring substituents is 1. The van der Waals surface area contributed by atoms with Crippen molar-refractivity contribution >= 4 is 27.2 Å². The molecular formula is C14H10N2O3S. The van der Waals surface area contributed by atoms with Crippen molar-refractivity contribution in [1.82, 2.24) is 4.98 Å². The normalized spacial score (nSPS) is 10.6. The van der Waals surface area contributed by atoms with Gasteiger partial charge in [-0.3, -0.25) is 10.1 Å². The third kappa shape index (κ3) is 2.60. The maximum absolute atomic E-state index is 10.6. The number of benzene rings is 2. The number of nitro groups is 1. The third-order valence-electron chi connectivity index (χ3n) is 2.78. The molecule has 0 atom stereocenters. The molecule has 0 fully saturated rings. The van der Waals surface area contributed by atoms with E-state index in [9.17, 15) is 10.1 Å². The van der Waals surface area contributed by atoms with Gasteiger partial charge in [0.2, 0.25) is 0 Å². The summed E-state index contributed by atoms with van der Waals surface area (Å²) in [6.45, 7) is 0.345. The number of rotatable bonds is 4. The summed E-state index contributed by atoms with van der Waals surface area (Å²) in [5.74, 6) is 0. The first-order valence-corrected chi connectivity index (χ1v) is 6.76. The van der Waals surface area contributed by atoms with Crippen molar-refractivity contribution in [3.63, 3.8) is 0 Å². The summed E-state index contributed by atoms with van der Waals surface area (Å²) in [5, 5.41) is 11.2. The molecule has 0 saturated carbocycles. The van der Waals surface area contributed by atoms with Crippen molar-refractivity contribution in [2.45, 2.75) is 6.61 Å². The third-order valence-corrected chi connectivity index (χ3v) is 3.73. The zero-order chi connectivity index (χ0) is 13.9. The smallest absolute Gasteiger partial charge is 0.274 e. The molecular weight excluding hydrogens is 276 g/mol. The average molecular weight is 286 g/mol. The van der Waals surface area contributed by atoms with Crippen molar-refractivity contribution in [3.05, 3.63) is 64.2 Å². The fraction of sp³-hybridized carbons (Fsp3) is 0.0714. The largest absolute Gasteiger partial charge is 0.465 e. The van der Waals surface area contributed by atoms with Crippen LogP contribution >= 0.6 is 11.3 Å². The number of nitrogens with zero attached hydrogens (tertiary/aromatic N) is 2. The lowest BCUT2D eigenvalue weighted by Gasteiger charge is -2.01. The zero-order valence-electron chi connectivity index (χ0n) is 10.4. The maximum atomic E-state index is 10.6. The van der Waals surface area contributed by atoms with Gasteiger partial charge < -0.3 is 4.74 Å². The van der Waals surface area contributed by atoms with Crippen molar-refractivity contribution < 1.29 is 9.66 Å². The Morgan fingerprint density at radius 3 is 2.60 bits per heavy atom. The van der Waals surface area contributed by atoms with Crippen LogP contribution in [0.15, 0.2) is 48.5 Å². The molecule has 6 heteroatoms. The van der Waals surface area contributed by atoms with Gasteiger partial charge in [0, 0.05) is 12.1 Å². The molecule has 0 amide bonds. The van der Waals surface area contributed by atoms with Crippen LogP contribution < -0.4 is 4.74 Å². The Balaban J connectivity index is 1.71. The molecule has 100 valence electrons. The number of nitro benzene ring substituents is 1. The Hall–Kier alpha value is -2.47. The Kier molecular flexibility index (Phi) is 3.30. The molecule has 0 aliphatic heterocycles. The highest BCUT2D eigenvalue weighted by molar-refractivity contribution is 7.20. The molecule has 3 rings (SSSR count). The number of aromatic nitrogens is 1. The van der Waals surface area contributed by atoms with E-state index >= 15 is 0 Å². The summed E-state index contributed by atoms with van der Waals surface area (Å²) in [4.78, 5) is 14.5. The van der Waals surface area contributed by atoms with Crippen molar-refractivity contribution in [2.75, 3.05) is 0 Å². The minimum Gasteiger partial charge on any atom is -0.465 e. The number of hydrogen-bond acceptors (Lipinski definition) is 5. The van der Waals surface area contributed by atoms with Crippen molar-refractivity contribution in [2.24, 2.45) is 0 Å². The van der Waals surface area contributed by atoms with Crippen LogP contribution in [0.2, 0.25) is 0 Å². The topological polar surface area (TPSA) is 65.3 Å². The van der Waals surface area contributed by atoms with Gasteiger partial charge in [0.25, 0.3) is 10.9 Å². The number of para-hydroxylation sites is 1. The second-order valence-electron chi connectivity index (χ2n) is 4.16. The van der Waals surface area contributed by atoms with E-state index in [-0.39, 0.29) is 5.69 Å². The van der Waals surface area contributed by atoms with Gasteiger partial charge in [0.1, 0.15) is 6.61 Å². The highest BCUT2D eigenvalue weighted by Gasteiger charge is 2.06. The second-order valence-corrected chi connectivity index (χ2v) is 5.15. The van der Waals surface area contributed by atoms with Crippen LogP contribution in [0.3, 0.4) is 0 Å². The van der Waals surface area contributed by atoms with E-state index in [1.807, 2.05) is 24.3 Å². The predicted molar refractivity (Wildman–Crippen MR) is 77.0 cm³/mol. The molecule has 0 aliphatic carbocycles. The van der Waals surface area contributed by atoms with Crippen LogP contribution in [-0.2, 0) is 6.61 Å². The molecule has 2 aromatic carbocycles. The van der Waals surface area contributed by atoms with Crippen molar-refractivity contribution in [3.8, 4) is 5.19 Å². The minimum atomic E-state index is -0.418. The van der Waals surface area contributed by atoms with E-state index in [0.29, 0.717) is 11.8 Å². The Morgan fingerprint density at radius 1 is 1.15 bits per heavy atom. The quantitative estimate of drug-likeness (QED) is 0.540. The fourth-order valence-corrected chi connectivity index (χ4v) is 2.59. The Bertz CT molecular complexity index is 719. The first-order valence-electron chi connectivity index (χ1n) is 5.94. The van der Waals surface area contributed by atoms with Gasteiger partial charge in [-0.15, -0.1) is 0 Å². The summed E-state index contributed by atoms with van der Waals surface area (Å²) >= 11 is 1.48. The molecule has 5 nitrogen and oxygen atoms in total. The molecule has 0 aliphatic rings. The Morgan fingerprint density at radius 2 is 1.90 bits per heavy atom. The van der Waals surface area contributed by atoms with Gasteiger partial charge in [-0.2, -0.15) is 0 Å². The van der Waals surface area contributed by atoms with E-state index in [4.69, 9.17) is 4.74 Å². The van der Waals surface area contributed by atoms with E-state index < -0.39 is 4.92 Å². The van der Waals surface area contributed by atoms with Gasteiger partial charge in [-0.05, 0) is 29.8 Å². The lowest BCUT2D eigenvalue weighted by Crippen LogP contribution is -1.95. The molecule has 1 aromatic heterocycles. The monoisotopic (exact) mass is 286 g/mol. The van der Waals surface area contributed by atoms with Gasteiger partial charge in [0.15, 0.2) is 0 Å². The molecule has 1 heterocycles. The first kappa shape index (κ1) is 12.6. The van der Waals surface area contributed by atoms with Crippen molar-refractivity contribution in [1.29, 1.82) is 0 Å². The van der Waals surface area contributed by atoms with Crippen LogP contribution in [0.1, 0.15) is 5.56 Å². The molecule has 0 spiro atoms. The SMILES string of the molecule is O=[N+]([O-])c1ccc(COc2nc3ccccc3s2)cc1. The van der Waals surface area contributed by atoms with Crippen LogP contribution in [-0.4, -0.2) is 9.91 Å². The highest BCUT2D eigenvalue weighted by Crippen LogP contribution is 2.27. The lowest BCUT2D eigenvalue weighted by molar-refractivity contribution is -0.384. The van der Waals surface area contributed by atoms with E-state index in [1.165, 1.54) is 23.5 Å². The first-order chi connectivity index (χ1) is 9.72. The number of ether oxygens (including phenoxy) is 1. The van der Waals surface area contributed by atoms with Gasteiger partial charge in [0.05, 0.1) is 15.1 Å². The van der Waals surface area contributed by atoms with E-state index in [2.05, 4.69) is 4.98 Å². The van der Waals surface area contributed by atoms with Crippen LogP contribution in [0.5, 0.6) is 5.19 Å². The summed E-state index contributed by atoms with van der Waals surface area (Å²) in [6.07, 6.45) is 0. The summed E-state index contributed by atoms with van der Waals surface area (Å²) in [7, 11) is 0. The molecule has 3 aromatic rings. The fourth-order valence-electron chi connectivity index (χ4n) is 1.77. The van der Waals surface area contributed by atoms with E-state index in [1.54, 1.807) is 12.1 Å². The molecule has 0 saturated heterocycles. The molecule has 20 heavy (non-hydrogen) atoms. The van der Waals surface area contributed by atoms with Crippen LogP contribution in [0.25, 0.3) is 10.2 Å². The highest BCUT2D eigenvalue weighted by atomic mass is 32.1. The number of fused-ring (bicyclic) bond motifs is 1. The summed E-state index contributed by atoms with van der Waals surface area (Å²) in [6, 6.07) is 14.1. The standard InChI is InChI=1S/C14H10N2O3S/c17-16(18)11-7-5-10(6-8-11)9-19-14-15-12-3-1-2-4-13(12)20-14/h1-8H,9H2. The number of hydrogen-bond donors (Lipinski definition) is 0. The summed E-state index contributed by atoms with van der Waals surface area (Å²) in [5.41, 5.74) is 1.86. The minimum absolute atomic E-state index is 0.0775. The molecule has 0 N–H and O–H groups in total. The van der Waals surface area contributed by atoms with Gasteiger partial charge in [-0.1, -0.05) is 23.5 Å². The van der Waals surface area contributed by atoms with Crippen LogP contribution in [0, 0.1) is 10.1 Å². The maximum Gasteiger partial charge on any atom is 0.274 e. The Labute approximate surface area is 118 Å². The second kappa shape index (κ2) is 5.26. The average Bonchev–Trinajstić information content (AvgIpc) is 2.88. The molecule has 0 unspecified atom stereocenters. The number of thiazole rings is 1. The predicted octanol–water partition coefficient (Wildman–Crippen LogP) is 3.78. The summed E-state index contributed by atoms with van der Waals surface area (Å²) < 4.78 is 6.69. The van der Waals surface area contributed by atoms with Gasteiger partial charge >= 0.3 is 0 Å². The van der Waals surface area contributed by atoms with Gasteiger partial charge in [-0.25, -0.2) is 4.98 Å². The zero-order valence-corrected chi connectivity index (χ0v) is 11.2. The van der Waals surface area contributed by atoms with Crippen LogP contribution in [0.4, 0.5) is 5.69 Å². The molecule has 0 bridgehead atoms. The molecule has 0 radical (unpaired) electrons. The van der Waals surface area contributed by atoms with E-state index in [0.717, 1.165) is 15.8 Å². The lowest BCUT2D eigenvalue weighted by atomic mass is 10.2.